The molecule has 2 aromatic carbocycles. The van der Waals surface area contributed by atoms with Crippen LogP contribution in [0.3, 0.4) is 0 Å². The molecule has 18 nitrogen and oxygen atoms in total. The molecule has 268 valence electrons. The van der Waals surface area contributed by atoms with Gasteiger partial charge in [-0.15, -0.1) is 0 Å². The van der Waals surface area contributed by atoms with E-state index in [2.05, 4.69) is 31.3 Å². The molecule has 0 atom stereocenters. The zero-order valence-electron chi connectivity index (χ0n) is 27.5. The number of benzene rings is 2. The number of halogens is 2. The number of hydrazone groups is 2. The second-order valence-electron chi connectivity index (χ2n) is 9.23. The summed E-state index contributed by atoms with van der Waals surface area (Å²) in [5.41, 5.74) is 7.05. The van der Waals surface area contributed by atoms with E-state index < -0.39 is 9.85 Å². The number of ether oxygens (including phenoxy) is 4. The summed E-state index contributed by atoms with van der Waals surface area (Å²) in [6, 6.07) is 10.7. The smallest absolute Gasteiger partial charge is 1.00 e. The minimum Gasteiger partial charge on any atom is -1.00 e. The van der Waals surface area contributed by atoms with E-state index in [1.807, 2.05) is 0 Å². The normalized spacial score (nSPS) is 10.1. The number of para-hydroxylation sites is 2. The van der Waals surface area contributed by atoms with Gasteiger partial charge in [0.2, 0.25) is 11.6 Å². The molecule has 0 aliphatic heterocycles. The standard InChI is InChI=1S/2C14H17N5O4.2ClH.Pd/c2*1-9-12(19(20)21)14(18(2)17-9)16-15-8-10-6-5-7-11(22-3)13(10)23-4;;;/h2*5-8,16H,1-4H3;2*1H;/q;;;;+2/p-2/b2*15-8+;;;. The van der Waals surface area contributed by atoms with Gasteiger partial charge in [0.05, 0.1) is 50.7 Å². The number of methoxy groups -OCH3 is 4. The van der Waals surface area contributed by atoms with Crippen LogP contribution in [0.2, 0.25) is 0 Å². The summed E-state index contributed by atoms with van der Waals surface area (Å²) in [7, 11) is 9.33. The Morgan fingerprint density at radius 1 is 0.694 bits per heavy atom. The van der Waals surface area contributed by atoms with Crippen molar-refractivity contribution in [3.8, 4) is 23.0 Å². The molecule has 0 saturated carbocycles. The Kier molecular flexibility index (Phi) is 18.4. The van der Waals surface area contributed by atoms with Crippen LogP contribution in [0.25, 0.3) is 0 Å². The number of nitrogens with zero attached hydrogens (tertiary/aromatic N) is 8. The van der Waals surface area contributed by atoms with Crippen molar-refractivity contribution in [2.24, 2.45) is 24.3 Å². The Morgan fingerprint density at radius 2 is 1.04 bits per heavy atom. The Balaban J connectivity index is 0.000000886. The molecule has 4 rings (SSSR count). The van der Waals surface area contributed by atoms with Crippen LogP contribution in [-0.4, -0.2) is 70.3 Å². The molecule has 0 unspecified atom stereocenters. The van der Waals surface area contributed by atoms with Gasteiger partial charge >= 0.3 is 31.8 Å². The van der Waals surface area contributed by atoms with E-state index >= 15 is 0 Å². The maximum atomic E-state index is 11.1. The Labute approximate surface area is 307 Å². The van der Waals surface area contributed by atoms with E-state index in [1.165, 1.54) is 36.0 Å². The topological polar surface area (TPSA) is 208 Å². The molecular formula is C28H34Cl2N10O8Pd. The maximum absolute atomic E-state index is 11.1. The van der Waals surface area contributed by atoms with Crippen molar-refractivity contribution in [1.29, 1.82) is 0 Å². The van der Waals surface area contributed by atoms with E-state index in [-0.39, 0.29) is 68.2 Å². The summed E-state index contributed by atoms with van der Waals surface area (Å²) in [4.78, 5) is 21.2. The quantitative estimate of drug-likeness (QED) is 0.0704. The third-order valence-electron chi connectivity index (χ3n) is 6.36. The first-order valence-corrected chi connectivity index (χ1v) is 13.3. The number of anilines is 2. The third kappa shape index (κ3) is 10.5. The van der Waals surface area contributed by atoms with Gasteiger partial charge in [-0.1, -0.05) is 12.1 Å². The van der Waals surface area contributed by atoms with Crippen LogP contribution in [0, 0.1) is 34.1 Å². The molecule has 2 N–H and O–H groups in total. The molecule has 0 radical (unpaired) electrons. The molecule has 4 aromatic rings. The molecule has 0 spiro atoms. The van der Waals surface area contributed by atoms with Gasteiger partial charge < -0.3 is 43.8 Å². The Hall–Kier alpha value is -4.96. The number of nitrogens with one attached hydrogen (secondary N) is 2. The van der Waals surface area contributed by atoms with Crippen molar-refractivity contribution in [2.45, 2.75) is 13.8 Å². The van der Waals surface area contributed by atoms with Crippen molar-refractivity contribution in [1.82, 2.24) is 19.6 Å². The Morgan fingerprint density at radius 3 is 1.33 bits per heavy atom. The van der Waals surface area contributed by atoms with Crippen molar-refractivity contribution >= 4 is 35.4 Å². The number of hydrogen-bond acceptors (Lipinski definition) is 14. The van der Waals surface area contributed by atoms with E-state index in [0.717, 1.165) is 0 Å². The van der Waals surface area contributed by atoms with E-state index in [1.54, 1.807) is 78.6 Å². The molecule has 21 heteroatoms. The van der Waals surface area contributed by atoms with Crippen molar-refractivity contribution in [3.63, 3.8) is 0 Å². The Bertz CT molecular complexity index is 1650. The van der Waals surface area contributed by atoms with Gasteiger partial charge in [-0.3, -0.25) is 31.1 Å². The fourth-order valence-electron chi connectivity index (χ4n) is 4.33. The first kappa shape index (κ1) is 44.0. The minimum absolute atomic E-state index is 0. The predicted molar refractivity (Wildman–Crippen MR) is 171 cm³/mol. The van der Waals surface area contributed by atoms with Crippen LogP contribution in [-0.2, 0) is 34.5 Å². The first-order valence-electron chi connectivity index (χ1n) is 13.3. The van der Waals surface area contributed by atoms with Crippen LogP contribution >= 0.6 is 0 Å². The SMILES string of the molecule is COc1cccc(/C=N/Nc2c([N+](=O)[O-])c(C)nn2C)c1OC.COc1cccc(/C=N/Nc2c([N+](=O)[O-])c(C)nn2C)c1OC.[Cl-].[Cl-].[Pd+2]. The van der Waals surface area contributed by atoms with Crippen LogP contribution in [0.5, 0.6) is 23.0 Å². The number of nitro groups is 2. The molecular weight excluding hydrogens is 782 g/mol. The summed E-state index contributed by atoms with van der Waals surface area (Å²) in [6.07, 6.45) is 2.99. The molecule has 2 aromatic heterocycles. The minimum atomic E-state index is -0.494. The molecule has 2 heterocycles. The van der Waals surface area contributed by atoms with Gasteiger partial charge in [0.15, 0.2) is 23.0 Å². The molecule has 0 amide bonds. The van der Waals surface area contributed by atoms with Gasteiger partial charge in [0.25, 0.3) is 0 Å². The van der Waals surface area contributed by atoms with Crippen molar-refractivity contribution < 1.29 is 74.0 Å². The second kappa shape index (κ2) is 20.4. The summed E-state index contributed by atoms with van der Waals surface area (Å²) < 4.78 is 23.7. The number of aromatic nitrogens is 4. The fraction of sp³-hybridized carbons (Fsp3) is 0.286. The van der Waals surface area contributed by atoms with Gasteiger partial charge in [-0.05, 0) is 38.1 Å². The third-order valence-corrected chi connectivity index (χ3v) is 6.36. The molecule has 0 bridgehead atoms. The van der Waals surface area contributed by atoms with Gasteiger partial charge in [0.1, 0.15) is 11.4 Å². The molecule has 0 aliphatic carbocycles. The number of aryl methyl sites for hydroxylation is 4. The summed E-state index contributed by atoms with van der Waals surface area (Å²) >= 11 is 0. The van der Waals surface area contributed by atoms with Crippen LogP contribution in [0.1, 0.15) is 22.5 Å². The monoisotopic (exact) mass is 814 g/mol. The van der Waals surface area contributed by atoms with Gasteiger partial charge in [-0.25, -0.2) is 9.36 Å². The molecule has 0 saturated heterocycles. The summed E-state index contributed by atoms with van der Waals surface area (Å²) in [5, 5.41) is 38.3. The van der Waals surface area contributed by atoms with Crippen LogP contribution < -0.4 is 54.6 Å². The van der Waals surface area contributed by atoms with Crippen molar-refractivity contribution in [2.75, 3.05) is 39.3 Å². The molecule has 0 aliphatic rings. The van der Waals surface area contributed by atoms with Crippen LogP contribution in [0.15, 0.2) is 46.6 Å². The fourth-order valence-corrected chi connectivity index (χ4v) is 4.33. The summed E-state index contributed by atoms with van der Waals surface area (Å²) in [6.45, 7) is 3.14. The first-order chi connectivity index (χ1) is 22.0. The number of rotatable bonds is 12. The zero-order valence-corrected chi connectivity index (χ0v) is 30.6. The van der Waals surface area contributed by atoms with Gasteiger partial charge in [-0.2, -0.15) is 20.4 Å². The van der Waals surface area contributed by atoms with E-state index in [4.69, 9.17) is 18.9 Å². The van der Waals surface area contributed by atoms with E-state index in [9.17, 15) is 20.2 Å². The maximum Gasteiger partial charge on any atom is 2.00 e. The number of hydrogen-bond donors (Lipinski definition) is 2. The average molecular weight is 816 g/mol. The van der Waals surface area contributed by atoms with Crippen molar-refractivity contribution in [3.05, 3.63) is 79.1 Å². The molecule has 49 heavy (non-hydrogen) atoms. The second-order valence-corrected chi connectivity index (χ2v) is 9.23. The van der Waals surface area contributed by atoms with E-state index in [0.29, 0.717) is 45.5 Å². The zero-order chi connectivity index (χ0) is 34.0. The largest absolute Gasteiger partial charge is 2.00 e. The molecule has 0 fully saturated rings. The summed E-state index contributed by atoms with van der Waals surface area (Å²) in [5.74, 6) is 2.58. The average Bonchev–Trinajstić information content (AvgIpc) is 3.48. The van der Waals surface area contributed by atoms with Gasteiger partial charge in [0, 0.05) is 25.2 Å². The predicted octanol–water partition coefficient (Wildman–Crippen LogP) is -1.79. The van der Waals surface area contributed by atoms with Crippen LogP contribution in [0.4, 0.5) is 23.0 Å².